The van der Waals surface area contributed by atoms with Gasteiger partial charge in [0.2, 0.25) is 5.91 Å². The molecule has 1 N–H and O–H groups in total. The molecule has 3 rings (SSSR count). The van der Waals surface area contributed by atoms with Gasteiger partial charge in [-0.3, -0.25) is 14.6 Å². The maximum absolute atomic E-state index is 13.5. The summed E-state index contributed by atoms with van der Waals surface area (Å²) in [6, 6.07) is 7.37. The predicted molar refractivity (Wildman–Crippen MR) is 91.2 cm³/mol. The summed E-state index contributed by atoms with van der Waals surface area (Å²) in [5.41, 5.74) is 0. The Hall–Kier alpha value is -1.11. The van der Waals surface area contributed by atoms with E-state index in [2.05, 4.69) is 15.1 Å². The van der Waals surface area contributed by atoms with Gasteiger partial charge in [0.1, 0.15) is 5.82 Å². The lowest BCUT2D eigenvalue weighted by Gasteiger charge is -2.34. The highest BCUT2D eigenvalue weighted by molar-refractivity contribution is 7.99. The molecular weight excluding hydrogens is 313 g/mol. The fourth-order valence-electron chi connectivity index (χ4n) is 2.72. The molecule has 4 nitrogen and oxygen atoms in total. The molecule has 0 radical (unpaired) electrons. The van der Waals surface area contributed by atoms with Crippen molar-refractivity contribution < 1.29 is 9.18 Å². The van der Waals surface area contributed by atoms with Crippen LogP contribution in [0.2, 0.25) is 0 Å². The Morgan fingerprint density at radius 2 is 1.87 bits per heavy atom. The molecular formula is C17H24FN3OS. The molecule has 1 aromatic rings. The van der Waals surface area contributed by atoms with Crippen molar-refractivity contribution in [2.24, 2.45) is 0 Å². The first-order chi connectivity index (χ1) is 11.2. The fraction of sp³-hybridized carbons (Fsp3) is 0.588. The van der Waals surface area contributed by atoms with Crippen LogP contribution in [-0.4, -0.2) is 66.8 Å². The van der Waals surface area contributed by atoms with E-state index in [9.17, 15) is 9.18 Å². The lowest BCUT2D eigenvalue weighted by atomic mass is 10.3. The number of nitrogens with zero attached hydrogens (tertiary/aromatic N) is 2. The van der Waals surface area contributed by atoms with E-state index in [0.29, 0.717) is 12.6 Å². The first-order valence-electron chi connectivity index (χ1n) is 8.32. The fourth-order valence-corrected chi connectivity index (χ4v) is 3.67. The Bertz CT molecular complexity index is 530. The number of hydrogen-bond acceptors (Lipinski definition) is 4. The molecule has 23 heavy (non-hydrogen) atoms. The van der Waals surface area contributed by atoms with Gasteiger partial charge in [-0.25, -0.2) is 4.39 Å². The number of hydrogen-bond donors (Lipinski definition) is 1. The lowest BCUT2D eigenvalue weighted by molar-refractivity contribution is -0.122. The third-order valence-electron chi connectivity index (χ3n) is 4.28. The van der Waals surface area contributed by atoms with Crippen molar-refractivity contribution in [3.8, 4) is 0 Å². The average Bonchev–Trinajstić information content (AvgIpc) is 3.35. The second-order valence-electron chi connectivity index (χ2n) is 6.24. The number of carbonyl (C=O) groups is 1. The summed E-state index contributed by atoms with van der Waals surface area (Å²) >= 11 is 1.57. The highest BCUT2D eigenvalue weighted by Gasteiger charge is 2.25. The molecule has 1 saturated carbocycles. The number of carbonyl (C=O) groups excluding carboxylic acids is 1. The Kier molecular flexibility index (Phi) is 5.91. The minimum Gasteiger partial charge on any atom is -0.352 e. The third kappa shape index (κ3) is 5.48. The van der Waals surface area contributed by atoms with Crippen LogP contribution in [0, 0.1) is 5.82 Å². The maximum Gasteiger partial charge on any atom is 0.234 e. The van der Waals surface area contributed by atoms with Crippen molar-refractivity contribution >= 4 is 17.7 Å². The normalized spacial score (nSPS) is 19.7. The number of rotatable bonds is 7. The molecule has 2 fully saturated rings. The number of thioether (sulfide) groups is 1. The lowest BCUT2D eigenvalue weighted by Crippen LogP contribution is -2.50. The van der Waals surface area contributed by atoms with E-state index >= 15 is 0 Å². The molecule has 0 bridgehead atoms. The van der Waals surface area contributed by atoms with Crippen LogP contribution in [0.1, 0.15) is 12.8 Å². The van der Waals surface area contributed by atoms with Gasteiger partial charge >= 0.3 is 0 Å². The molecule has 0 spiro atoms. The predicted octanol–water partition coefficient (Wildman–Crippen LogP) is 1.81. The number of piperazine rings is 1. The van der Waals surface area contributed by atoms with Gasteiger partial charge in [-0.15, -0.1) is 11.8 Å². The van der Waals surface area contributed by atoms with E-state index in [1.807, 2.05) is 12.1 Å². The number of benzene rings is 1. The summed E-state index contributed by atoms with van der Waals surface area (Å²) in [6.45, 7) is 5.31. The number of halogens is 1. The van der Waals surface area contributed by atoms with E-state index in [4.69, 9.17) is 0 Å². The molecule has 1 amide bonds. The van der Waals surface area contributed by atoms with Crippen LogP contribution in [0.5, 0.6) is 0 Å². The van der Waals surface area contributed by atoms with Gasteiger partial charge in [0.25, 0.3) is 0 Å². The Balaban J connectivity index is 1.31. The number of amides is 1. The second kappa shape index (κ2) is 8.13. The molecule has 0 aromatic heterocycles. The molecule has 0 atom stereocenters. The van der Waals surface area contributed by atoms with E-state index in [1.165, 1.54) is 6.07 Å². The van der Waals surface area contributed by atoms with Crippen LogP contribution in [0.25, 0.3) is 0 Å². The molecule has 2 aliphatic rings. The Morgan fingerprint density at radius 3 is 2.57 bits per heavy atom. The summed E-state index contributed by atoms with van der Waals surface area (Å²) in [5, 5.41) is 3.04. The zero-order chi connectivity index (χ0) is 16.1. The SMILES string of the molecule is O=C(CN1CCN(CCSc2ccccc2F)CC1)NC1CC1. The zero-order valence-corrected chi connectivity index (χ0v) is 14.2. The van der Waals surface area contributed by atoms with Gasteiger partial charge in [-0.1, -0.05) is 12.1 Å². The van der Waals surface area contributed by atoms with E-state index in [1.54, 1.807) is 17.8 Å². The molecule has 1 saturated heterocycles. The summed E-state index contributed by atoms with van der Waals surface area (Å²) < 4.78 is 13.5. The number of nitrogens with one attached hydrogen (secondary N) is 1. The van der Waals surface area contributed by atoms with Crippen LogP contribution in [0.4, 0.5) is 4.39 Å². The molecule has 1 aliphatic heterocycles. The summed E-state index contributed by atoms with van der Waals surface area (Å²) in [6.07, 6.45) is 2.28. The van der Waals surface area contributed by atoms with Crippen molar-refractivity contribution in [2.75, 3.05) is 45.0 Å². The highest BCUT2D eigenvalue weighted by Crippen LogP contribution is 2.21. The quantitative estimate of drug-likeness (QED) is 0.770. The van der Waals surface area contributed by atoms with Crippen LogP contribution in [0.3, 0.4) is 0 Å². The van der Waals surface area contributed by atoms with Gasteiger partial charge in [0.05, 0.1) is 6.54 Å². The van der Waals surface area contributed by atoms with Crippen LogP contribution >= 0.6 is 11.8 Å². The largest absolute Gasteiger partial charge is 0.352 e. The maximum atomic E-state index is 13.5. The van der Waals surface area contributed by atoms with Crippen molar-refractivity contribution in [1.29, 1.82) is 0 Å². The van der Waals surface area contributed by atoms with Crippen molar-refractivity contribution in [2.45, 2.75) is 23.8 Å². The molecule has 1 aliphatic carbocycles. The average molecular weight is 337 g/mol. The highest BCUT2D eigenvalue weighted by atomic mass is 32.2. The minimum atomic E-state index is -0.135. The van der Waals surface area contributed by atoms with Crippen molar-refractivity contribution in [3.05, 3.63) is 30.1 Å². The second-order valence-corrected chi connectivity index (χ2v) is 7.38. The first kappa shape index (κ1) is 16.7. The van der Waals surface area contributed by atoms with E-state index in [-0.39, 0.29) is 11.7 Å². The van der Waals surface area contributed by atoms with Gasteiger partial charge in [-0.05, 0) is 25.0 Å². The van der Waals surface area contributed by atoms with Crippen LogP contribution < -0.4 is 5.32 Å². The first-order valence-corrected chi connectivity index (χ1v) is 9.30. The Morgan fingerprint density at radius 1 is 1.17 bits per heavy atom. The van der Waals surface area contributed by atoms with E-state index < -0.39 is 0 Å². The van der Waals surface area contributed by atoms with E-state index in [0.717, 1.165) is 56.2 Å². The van der Waals surface area contributed by atoms with Crippen molar-refractivity contribution in [3.63, 3.8) is 0 Å². The summed E-state index contributed by atoms with van der Waals surface area (Å²) in [7, 11) is 0. The van der Waals surface area contributed by atoms with Gasteiger partial charge in [0, 0.05) is 49.4 Å². The van der Waals surface area contributed by atoms with Gasteiger partial charge in [0.15, 0.2) is 0 Å². The molecule has 126 valence electrons. The third-order valence-corrected chi connectivity index (χ3v) is 5.31. The zero-order valence-electron chi connectivity index (χ0n) is 13.3. The molecule has 1 aromatic carbocycles. The van der Waals surface area contributed by atoms with Crippen LogP contribution in [-0.2, 0) is 4.79 Å². The smallest absolute Gasteiger partial charge is 0.234 e. The summed E-state index contributed by atoms with van der Waals surface area (Å²) in [4.78, 5) is 17.1. The molecule has 1 heterocycles. The monoisotopic (exact) mass is 337 g/mol. The summed E-state index contributed by atoms with van der Waals surface area (Å²) in [5.74, 6) is 0.920. The minimum absolute atomic E-state index is 0.135. The van der Waals surface area contributed by atoms with Gasteiger partial charge in [-0.2, -0.15) is 0 Å². The van der Waals surface area contributed by atoms with Crippen molar-refractivity contribution in [1.82, 2.24) is 15.1 Å². The molecule has 0 unspecified atom stereocenters. The molecule has 6 heteroatoms. The topological polar surface area (TPSA) is 35.6 Å². The van der Waals surface area contributed by atoms with Gasteiger partial charge < -0.3 is 5.32 Å². The standard InChI is InChI=1S/C17H24FN3OS/c18-15-3-1-2-4-16(15)23-12-11-20-7-9-21(10-8-20)13-17(22)19-14-5-6-14/h1-4,14H,5-13H2,(H,19,22). The van der Waals surface area contributed by atoms with Crippen LogP contribution in [0.15, 0.2) is 29.2 Å². The Labute approximate surface area is 141 Å².